The third kappa shape index (κ3) is 5.58. The van der Waals surface area contributed by atoms with Crippen molar-refractivity contribution in [2.45, 2.75) is 39.4 Å². The largest absolute Gasteiger partial charge is 0.487 e. The number of carbonyl (C=O) groups is 1. The lowest BCUT2D eigenvalue weighted by Crippen LogP contribution is -2.08. The highest BCUT2D eigenvalue weighted by Gasteiger charge is 2.10. The molecule has 0 heterocycles. The second-order valence-electron chi connectivity index (χ2n) is 5.89. The second-order valence-corrected chi connectivity index (χ2v) is 5.89. The van der Waals surface area contributed by atoms with Crippen molar-refractivity contribution in [2.24, 2.45) is 0 Å². The predicted molar refractivity (Wildman–Crippen MR) is 96.5 cm³/mol. The molecule has 2 aromatic carbocycles. The summed E-state index contributed by atoms with van der Waals surface area (Å²) in [7, 11) is 0. The van der Waals surface area contributed by atoms with Crippen molar-refractivity contribution in [1.29, 1.82) is 0 Å². The summed E-state index contributed by atoms with van der Waals surface area (Å²) in [4.78, 5) is 11.4. The molecule has 0 N–H and O–H groups in total. The number of aryl methyl sites for hydroxylation is 1. The van der Waals surface area contributed by atoms with Gasteiger partial charge in [0, 0.05) is 6.42 Å². The van der Waals surface area contributed by atoms with Crippen molar-refractivity contribution in [2.75, 3.05) is 0 Å². The van der Waals surface area contributed by atoms with Gasteiger partial charge in [0.1, 0.15) is 6.61 Å². The molecule has 0 saturated carbocycles. The highest BCUT2D eigenvalue weighted by atomic mass is 16.5. The van der Waals surface area contributed by atoms with Gasteiger partial charge >= 0.3 is 0 Å². The van der Waals surface area contributed by atoms with Crippen LogP contribution >= 0.6 is 0 Å². The number of hydrogen-bond acceptors (Lipinski definition) is 3. The van der Waals surface area contributed by atoms with Crippen LogP contribution in [0.15, 0.2) is 61.2 Å². The van der Waals surface area contributed by atoms with E-state index in [-0.39, 0.29) is 11.9 Å². The van der Waals surface area contributed by atoms with Crippen LogP contribution in [0.5, 0.6) is 11.5 Å². The van der Waals surface area contributed by atoms with Crippen molar-refractivity contribution in [3.8, 4) is 11.5 Å². The average Bonchev–Trinajstić information content (AvgIpc) is 2.59. The Morgan fingerprint density at radius 1 is 1.08 bits per heavy atom. The van der Waals surface area contributed by atoms with Crippen LogP contribution in [-0.2, 0) is 17.8 Å². The van der Waals surface area contributed by atoms with Crippen molar-refractivity contribution in [3.05, 3.63) is 72.3 Å². The van der Waals surface area contributed by atoms with Crippen LogP contribution in [-0.4, -0.2) is 11.9 Å². The maximum Gasteiger partial charge on any atom is 0.161 e. The minimum Gasteiger partial charge on any atom is -0.487 e. The number of benzene rings is 2. The molecule has 0 radical (unpaired) electrons. The van der Waals surface area contributed by atoms with E-state index in [0.29, 0.717) is 30.9 Å². The quantitative estimate of drug-likeness (QED) is 0.625. The van der Waals surface area contributed by atoms with E-state index in [1.165, 1.54) is 6.08 Å². The van der Waals surface area contributed by atoms with E-state index in [1.54, 1.807) is 0 Å². The molecule has 0 bridgehead atoms. The molecule has 0 atom stereocenters. The summed E-state index contributed by atoms with van der Waals surface area (Å²) in [6, 6.07) is 15.9. The second kappa shape index (κ2) is 8.92. The van der Waals surface area contributed by atoms with Gasteiger partial charge in [-0.1, -0.05) is 43.0 Å². The van der Waals surface area contributed by atoms with Crippen LogP contribution in [0.3, 0.4) is 0 Å². The van der Waals surface area contributed by atoms with Gasteiger partial charge in [0.25, 0.3) is 0 Å². The van der Waals surface area contributed by atoms with Gasteiger partial charge in [0.05, 0.1) is 6.10 Å². The van der Waals surface area contributed by atoms with E-state index in [4.69, 9.17) is 9.47 Å². The number of ketones is 1. The maximum atomic E-state index is 11.4. The Morgan fingerprint density at radius 3 is 2.50 bits per heavy atom. The molecular formula is C21H24O3. The maximum absolute atomic E-state index is 11.4. The van der Waals surface area contributed by atoms with E-state index in [0.717, 1.165) is 11.1 Å². The number of allylic oxidation sites excluding steroid dienone is 1. The Morgan fingerprint density at radius 2 is 1.83 bits per heavy atom. The van der Waals surface area contributed by atoms with Crippen LogP contribution in [0.25, 0.3) is 0 Å². The molecule has 0 aliphatic carbocycles. The fourth-order valence-corrected chi connectivity index (χ4v) is 2.28. The molecule has 0 aliphatic heterocycles. The first-order chi connectivity index (χ1) is 11.6. The highest BCUT2D eigenvalue weighted by Crippen LogP contribution is 2.30. The SMILES string of the molecule is C=CC(=O)CCc1ccc(OCc2ccccc2)c(OC(C)C)c1. The molecular weight excluding hydrogens is 300 g/mol. The lowest BCUT2D eigenvalue weighted by Gasteiger charge is -2.16. The Kier molecular flexibility index (Phi) is 6.62. The minimum atomic E-state index is 0.0470. The highest BCUT2D eigenvalue weighted by molar-refractivity contribution is 5.89. The number of ether oxygens (including phenoxy) is 2. The number of hydrogen-bond donors (Lipinski definition) is 0. The third-order valence-electron chi connectivity index (χ3n) is 3.50. The Balaban J connectivity index is 2.10. The van der Waals surface area contributed by atoms with Crippen molar-refractivity contribution in [3.63, 3.8) is 0 Å². The van der Waals surface area contributed by atoms with Gasteiger partial charge in [-0.2, -0.15) is 0 Å². The zero-order valence-electron chi connectivity index (χ0n) is 14.3. The Bertz CT molecular complexity index is 675. The zero-order valence-corrected chi connectivity index (χ0v) is 14.3. The average molecular weight is 324 g/mol. The first-order valence-corrected chi connectivity index (χ1v) is 8.20. The van der Waals surface area contributed by atoms with Crippen LogP contribution in [0.4, 0.5) is 0 Å². The van der Waals surface area contributed by atoms with Gasteiger partial charge in [-0.05, 0) is 49.6 Å². The van der Waals surface area contributed by atoms with Crippen LogP contribution < -0.4 is 9.47 Å². The first-order valence-electron chi connectivity index (χ1n) is 8.20. The summed E-state index contributed by atoms with van der Waals surface area (Å²) in [5.74, 6) is 1.47. The number of carbonyl (C=O) groups excluding carboxylic acids is 1. The van der Waals surface area contributed by atoms with Crippen LogP contribution in [0.1, 0.15) is 31.4 Å². The van der Waals surface area contributed by atoms with Crippen LogP contribution in [0, 0.1) is 0 Å². The smallest absolute Gasteiger partial charge is 0.161 e. The van der Waals surface area contributed by atoms with Gasteiger partial charge in [-0.15, -0.1) is 0 Å². The molecule has 0 unspecified atom stereocenters. The molecule has 3 heteroatoms. The first kappa shape index (κ1) is 17.8. The van der Waals surface area contributed by atoms with Gasteiger partial charge in [0.15, 0.2) is 17.3 Å². The Labute approximate surface area is 143 Å². The van der Waals surface area contributed by atoms with Gasteiger partial charge in [-0.3, -0.25) is 4.79 Å². The van der Waals surface area contributed by atoms with Crippen molar-refractivity contribution >= 4 is 5.78 Å². The molecule has 2 aromatic rings. The monoisotopic (exact) mass is 324 g/mol. The molecule has 0 amide bonds. The zero-order chi connectivity index (χ0) is 17.4. The van der Waals surface area contributed by atoms with E-state index in [9.17, 15) is 4.79 Å². The standard InChI is InChI=1S/C21H24O3/c1-4-19(22)12-10-17-11-13-20(21(14-17)24-16(2)3)23-15-18-8-6-5-7-9-18/h4-9,11,13-14,16H,1,10,12,15H2,2-3H3. The molecule has 0 aliphatic rings. The van der Waals surface area contributed by atoms with Crippen molar-refractivity contribution in [1.82, 2.24) is 0 Å². The fraction of sp³-hybridized carbons (Fsp3) is 0.286. The summed E-state index contributed by atoms with van der Waals surface area (Å²) in [5, 5.41) is 0. The van der Waals surface area contributed by atoms with Gasteiger partial charge in [-0.25, -0.2) is 0 Å². The normalized spacial score (nSPS) is 10.5. The van der Waals surface area contributed by atoms with Crippen molar-refractivity contribution < 1.29 is 14.3 Å². The summed E-state index contributed by atoms with van der Waals surface area (Å²) in [5.41, 5.74) is 2.15. The van der Waals surface area contributed by atoms with E-state index < -0.39 is 0 Å². The van der Waals surface area contributed by atoms with Crippen LogP contribution in [0.2, 0.25) is 0 Å². The molecule has 2 rings (SSSR count). The minimum absolute atomic E-state index is 0.0470. The lowest BCUT2D eigenvalue weighted by atomic mass is 10.1. The summed E-state index contributed by atoms with van der Waals surface area (Å²) in [6.45, 7) is 7.95. The molecule has 126 valence electrons. The lowest BCUT2D eigenvalue weighted by molar-refractivity contribution is -0.114. The molecule has 0 aromatic heterocycles. The topological polar surface area (TPSA) is 35.5 Å². The molecule has 0 spiro atoms. The molecule has 24 heavy (non-hydrogen) atoms. The van der Waals surface area contributed by atoms with Gasteiger partial charge in [0.2, 0.25) is 0 Å². The predicted octanol–water partition coefficient (Wildman–Crippen LogP) is 4.74. The molecule has 3 nitrogen and oxygen atoms in total. The molecule has 0 fully saturated rings. The number of rotatable bonds is 9. The Hall–Kier alpha value is -2.55. The molecule has 0 saturated heterocycles. The van der Waals surface area contributed by atoms with E-state index in [2.05, 4.69) is 6.58 Å². The van der Waals surface area contributed by atoms with E-state index in [1.807, 2.05) is 62.4 Å². The summed E-state index contributed by atoms with van der Waals surface area (Å²) >= 11 is 0. The fourth-order valence-electron chi connectivity index (χ4n) is 2.28. The summed E-state index contributed by atoms with van der Waals surface area (Å²) < 4.78 is 11.8. The third-order valence-corrected chi connectivity index (χ3v) is 3.50. The van der Waals surface area contributed by atoms with Gasteiger partial charge < -0.3 is 9.47 Å². The summed E-state index contributed by atoms with van der Waals surface area (Å²) in [6.07, 6.45) is 2.53. The van der Waals surface area contributed by atoms with E-state index >= 15 is 0 Å².